The summed E-state index contributed by atoms with van der Waals surface area (Å²) in [5, 5.41) is 14.3. The van der Waals surface area contributed by atoms with Gasteiger partial charge in [0.1, 0.15) is 0 Å². The number of nitrogens with zero attached hydrogens (tertiary/aromatic N) is 1. The summed E-state index contributed by atoms with van der Waals surface area (Å²) in [5.41, 5.74) is 5.79. The van der Waals surface area contributed by atoms with Crippen LogP contribution in [-0.4, -0.2) is 13.0 Å². The van der Waals surface area contributed by atoms with E-state index in [9.17, 15) is 0 Å². The SMILES string of the molecule is CN(C(=N)Nc1ccc2c3c(cccc13)C=C2)c1cccc(C(C)(C)C)c1. The molecular formula is C24H25N3. The molecule has 1 aliphatic rings. The van der Waals surface area contributed by atoms with Crippen molar-refractivity contribution in [1.82, 2.24) is 0 Å². The fourth-order valence-corrected chi connectivity index (χ4v) is 3.55. The zero-order chi connectivity index (χ0) is 19.2. The van der Waals surface area contributed by atoms with Crippen LogP contribution in [0.25, 0.3) is 22.9 Å². The maximum atomic E-state index is 8.59. The Labute approximate surface area is 160 Å². The van der Waals surface area contributed by atoms with Gasteiger partial charge in [-0.2, -0.15) is 0 Å². The molecule has 1 aliphatic carbocycles. The Bertz CT molecular complexity index is 1060. The van der Waals surface area contributed by atoms with Gasteiger partial charge < -0.3 is 10.2 Å². The maximum absolute atomic E-state index is 8.59. The number of rotatable bonds is 2. The second-order valence-corrected chi connectivity index (χ2v) is 8.14. The molecule has 3 aromatic carbocycles. The van der Waals surface area contributed by atoms with Crippen LogP contribution in [0.5, 0.6) is 0 Å². The number of hydrogen-bond acceptors (Lipinski definition) is 1. The monoisotopic (exact) mass is 355 g/mol. The summed E-state index contributed by atoms with van der Waals surface area (Å²) >= 11 is 0. The van der Waals surface area contributed by atoms with Crippen molar-refractivity contribution in [3.63, 3.8) is 0 Å². The quantitative estimate of drug-likeness (QED) is 0.337. The molecule has 0 fully saturated rings. The number of nitrogens with one attached hydrogen (secondary N) is 2. The Balaban J connectivity index is 1.63. The van der Waals surface area contributed by atoms with Gasteiger partial charge in [-0.15, -0.1) is 0 Å². The Kier molecular flexibility index (Phi) is 4.03. The average molecular weight is 355 g/mol. The van der Waals surface area contributed by atoms with E-state index in [1.807, 2.05) is 18.0 Å². The van der Waals surface area contributed by atoms with Gasteiger partial charge in [0, 0.05) is 23.8 Å². The van der Waals surface area contributed by atoms with E-state index in [1.54, 1.807) is 0 Å². The molecule has 3 nitrogen and oxygen atoms in total. The van der Waals surface area contributed by atoms with Crippen molar-refractivity contribution in [3.8, 4) is 0 Å². The molecule has 27 heavy (non-hydrogen) atoms. The molecule has 136 valence electrons. The van der Waals surface area contributed by atoms with E-state index in [0.29, 0.717) is 5.96 Å². The lowest BCUT2D eigenvalue weighted by atomic mass is 9.87. The Morgan fingerprint density at radius 1 is 0.926 bits per heavy atom. The van der Waals surface area contributed by atoms with Gasteiger partial charge >= 0.3 is 0 Å². The largest absolute Gasteiger partial charge is 0.326 e. The average Bonchev–Trinajstić information content (AvgIpc) is 3.07. The molecule has 0 bridgehead atoms. The van der Waals surface area contributed by atoms with Crippen molar-refractivity contribution < 1.29 is 0 Å². The number of hydrogen-bond donors (Lipinski definition) is 2. The lowest BCUT2D eigenvalue weighted by molar-refractivity contribution is 0.590. The third-order valence-corrected chi connectivity index (χ3v) is 5.24. The molecule has 0 saturated heterocycles. The zero-order valence-electron chi connectivity index (χ0n) is 16.3. The van der Waals surface area contributed by atoms with Crippen molar-refractivity contribution >= 4 is 40.3 Å². The van der Waals surface area contributed by atoms with Gasteiger partial charge in [-0.25, -0.2) is 0 Å². The summed E-state index contributed by atoms with van der Waals surface area (Å²) in [6, 6.07) is 18.9. The van der Waals surface area contributed by atoms with Gasteiger partial charge in [-0.1, -0.05) is 69.3 Å². The number of guanidine groups is 1. The topological polar surface area (TPSA) is 39.1 Å². The van der Waals surface area contributed by atoms with E-state index in [4.69, 9.17) is 5.41 Å². The molecule has 3 heteroatoms. The van der Waals surface area contributed by atoms with Crippen LogP contribution in [0.4, 0.5) is 11.4 Å². The van der Waals surface area contributed by atoms with Crippen LogP contribution in [0.2, 0.25) is 0 Å². The third-order valence-electron chi connectivity index (χ3n) is 5.24. The molecule has 0 saturated carbocycles. The first-order chi connectivity index (χ1) is 12.8. The van der Waals surface area contributed by atoms with Gasteiger partial charge in [-0.3, -0.25) is 5.41 Å². The minimum absolute atomic E-state index is 0.0805. The van der Waals surface area contributed by atoms with Crippen LogP contribution in [0, 0.1) is 5.41 Å². The van der Waals surface area contributed by atoms with Gasteiger partial charge in [-0.05, 0) is 45.7 Å². The molecule has 4 rings (SSSR count). The predicted octanol–water partition coefficient (Wildman–Crippen LogP) is 6.10. The van der Waals surface area contributed by atoms with E-state index in [1.165, 1.54) is 22.1 Å². The van der Waals surface area contributed by atoms with Crippen LogP contribution in [0.1, 0.15) is 37.5 Å². The normalized spacial score (nSPS) is 12.4. The Morgan fingerprint density at radius 3 is 2.37 bits per heavy atom. The summed E-state index contributed by atoms with van der Waals surface area (Å²) in [4.78, 5) is 1.89. The summed E-state index contributed by atoms with van der Waals surface area (Å²) in [7, 11) is 1.93. The van der Waals surface area contributed by atoms with Crippen LogP contribution in [-0.2, 0) is 5.41 Å². The second-order valence-electron chi connectivity index (χ2n) is 8.14. The van der Waals surface area contributed by atoms with Crippen molar-refractivity contribution in [1.29, 1.82) is 5.41 Å². The first kappa shape index (κ1) is 17.3. The van der Waals surface area contributed by atoms with E-state index >= 15 is 0 Å². The number of benzene rings is 3. The molecule has 0 amide bonds. The Hall–Kier alpha value is -3.07. The molecule has 3 aromatic rings. The van der Waals surface area contributed by atoms with E-state index in [0.717, 1.165) is 16.8 Å². The van der Waals surface area contributed by atoms with E-state index < -0.39 is 0 Å². The standard InChI is InChI=1S/C24H25N3/c1-24(2,3)18-8-6-9-19(15-18)27(4)23(25)26-21-14-13-17-12-11-16-7-5-10-20(21)22(16)17/h5-15H,1-4H3,(H2,25,26). The maximum Gasteiger partial charge on any atom is 0.199 e. The van der Waals surface area contributed by atoms with Crippen LogP contribution in [0.15, 0.2) is 54.6 Å². The highest BCUT2D eigenvalue weighted by atomic mass is 15.3. The van der Waals surface area contributed by atoms with Crippen LogP contribution >= 0.6 is 0 Å². The summed E-state index contributed by atoms with van der Waals surface area (Å²) in [6.07, 6.45) is 4.30. The van der Waals surface area contributed by atoms with Crippen molar-refractivity contribution in [3.05, 3.63) is 71.3 Å². The first-order valence-corrected chi connectivity index (χ1v) is 9.28. The second kappa shape index (κ2) is 6.27. The van der Waals surface area contributed by atoms with Crippen LogP contribution in [0.3, 0.4) is 0 Å². The fourth-order valence-electron chi connectivity index (χ4n) is 3.55. The lowest BCUT2D eigenvalue weighted by Crippen LogP contribution is -2.32. The van der Waals surface area contributed by atoms with Crippen molar-refractivity contribution in [2.45, 2.75) is 26.2 Å². The summed E-state index contributed by atoms with van der Waals surface area (Å²) < 4.78 is 0. The van der Waals surface area contributed by atoms with Gasteiger partial charge in [0.25, 0.3) is 0 Å². The molecule has 0 aliphatic heterocycles. The van der Waals surface area contributed by atoms with E-state index in [-0.39, 0.29) is 5.41 Å². The third kappa shape index (κ3) is 3.10. The molecule has 0 aromatic heterocycles. The van der Waals surface area contributed by atoms with Crippen molar-refractivity contribution in [2.24, 2.45) is 0 Å². The molecule has 2 N–H and O–H groups in total. The Morgan fingerprint density at radius 2 is 1.63 bits per heavy atom. The molecule has 0 spiro atoms. The van der Waals surface area contributed by atoms with Gasteiger partial charge in [0.15, 0.2) is 5.96 Å². The molecule has 0 radical (unpaired) electrons. The smallest absolute Gasteiger partial charge is 0.199 e. The summed E-state index contributed by atoms with van der Waals surface area (Å²) in [6.45, 7) is 6.61. The zero-order valence-corrected chi connectivity index (χ0v) is 16.3. The highest BCUT2D eigenvalue weighted by molar-refractivity contribution is 6.13. The highest BCUT2D eigenvalue weighted by Crippen LogP contribution is 2.35. The van der Waals surface area contributed by atoms with Crippen molar-refractivity contribution in [2.75, 3.05) is 17.3 Å². The fraction of sp³-hybridized carbons (Fsp3) is 0.208. The molecule has 0 heterocycles. The minimum atomic E-state index is 0.0805. The summed E-state index contributed by atoms with van der Waals surface area (Å²) in [5.74, 6) is 0.354. The van der Waals surface area contributed by atoms with Crippen LogP contribution < -0.4 is 10.2 Å². The lowest BCUT2D eigenvalue weighted by Gasteiger charge is -2.25. The molecular weight excluding hydrogens is 330 g/mol. The molecule has 0 atom stereocenters. The number of anilines is 2. The van der Waals surface area contributed by atoms with E-state index in [2.05, 4.69) is 86.8 Å². The predicted molar refractivity (Wildman–Crippen MR) is 118 cm³/mol. The molecule has 0 unspecified atom stereocenters. The van der Waals surface area contributed by atoms with Gasteiger partial charge in [0.05, 0.1) is 0 Å². The van der Waals surface area contributed by atoms with Gasteiger partial charge in [0.2, 0.25) is 0 Å². The highest BCUT2D eigenvalue weighted by Gasteiger charge is 2.17. The first-order valence-electron chi connectivity index (χ1n) is 9.28. The minimum Gasteiger partial charge on any atom is -0.326 e.